The van der Waals surface area contributed by atoms with Crippen LogP contribution in [0.2, 0.25) is 6.04 Å². The lowest BCUT2D eigenvalue weighted by Gasteiger charge is -2.12. The summed E-state index contributed by atoms with van der Waals surface area (Å²) in [6, 6.07) is 1.49. The van der Waals surface area contributed by atoms with Gasteiger partial charge in [0.15, 0.2) is 0 Å². The first-order valence-corrected chi connectivity index (χ1v) is 5.53. The highest BCUT2D eigenvalue weighted by Crippen LogP contribution is 2.23. The van der Waals surface area contributed by atoms with Gasteiger partial charge in [0.1, 0.15) is 0 Å². The third-order valence-electron chi connectivity index (χ3n) is 2.00. The van der Waals surface area contributed by atoms with Gasteiger partial charge in [-0.05, 0) is 25.7 Å². The van der Waals surface area contributed by atoms with Gasteiger partial charge in [-0.15, -0.1) is 0 Å². The molecule has 0 saturated carbocycles. The molecule has 0 radical (unpaired) electrons. The number of hydrogen-bond donors (Lipinski definition) is 0. The summed E-state index contributed by atoms with van der Waals surface area (Å²) in [5, 5.41) is 0. The van der Waals surface area contributed by atoms with E-state index in [1.165, 1.54) is 48.4 Å². The molecule has 0 aromatic rings. The molecule has 9 heavy (non-hydrogen) atoms. The summed E-state index contributed by atoms with van der Waals surface area (Å²) >= 11 is 0. The van der Waals surface area contributed by atoms with Gasteiger partial charge >= 0.3 is 0 Å². The van der Waals surface area contributed by atoms with Crippen LogP contribution in [0.15, 0.2) is 11.6 Å². The summed E-state index contributed by atoms with van der Waals surface area (Å²) in [7, 11) is 1.40. The van der Waals surface area contributed by atoms with Gasteiger partial charge in [0.05, 0.1) is 0 Å². The molecule has 0 unspecified atom stereocenters. The fourth-order valence-corrected chi connectivity index (χ4v) is 1.68. The van der Waals surface area contributed by atoms with Crippen LogP contribution in [0.1, 0.15) is 32.1 Å². The Kier molecular flexibility index (Phi) is 3.05. The number of rotatable bonds is 4. The van der Waals surface area contributed by atoms with Crippen LogP contribution < -0.4 is 0 Å². The topological polar surface area (TPSA) is 0 Å². The molecule has 1 aliphatic rings. The van der Waals surface area contributed by atoms with Crippen LogP contribution in [0.3, 0.4) is 0 Å². The third kappa shape index (κ3) is 2.35. The fraction of sp³-hybridized carbons (Fsp3) is 0.750. The first kappa shape index (κ1) is 7.07. The Hall–Kier alpha value is -0.0431. The van der Waals surface area contributed by atoms with Crippen LogP contribution in [0.5, 0.6) is 0 Å². The first-order chi connectivity index (χ1) is 4.43. The van der Waals surface area contributed by atoms with Crippen molar-refractivity contribution in [2.75, 3.05) is 0 Å². The second kappa shape index (κ2) is 3.88. The molecule has 0 nitrogen and oxygen atoms in total. The van der Waals surface area contributed by atoms with Crippen molar-refractivity contribution in [2.45, 2.75) is 38.1 Å². The summed E-state index contributed by atoms with van der Waals surface area (Å²) < 4.78 is 0. The minimum absolute atomic E-state index is 1.36. The van der Waals surface area contributed by atoms with Crippen molar-refractivity contribution in [3.8, 4) is 0 Å². The lowest BCUT2D eigenvalue weighted by molar-refractivity contribution is 0.714. The largest absolute Gasteiger partial charge is 0.0850 e. The second-order valence-corrected chi connectivity index (χ2v) is 3.86. The zero-order valence-corrected chi connectivity index (χ0v) is 8.32. The quantitative estimate of drug-likeness (QED) is 0.316. The van der Waals surface area contributed by atoms with Crippen LogP contribution in [-0.2, 0) is 0 Å². The fourth-order valence-electron chi connectivity index (χ4n) is 1.18. The number of hydrogen-bond acceptors (Lipinski definition) is 0. The van der Waals surface area contributed by atoms with Gasteiger partial charge in [-0.1, -0.05) is 24.1 Å². The molecule has 0 aliphatic heterocycles. The van der Waals surface area contributed by atoms with E-state index in [0.29, 0.717) is 0 Å². The van der Waals surface area contributed by atoms with Crippen molar-refractivity contribution in [1.29, 1.82) is 0 Å². The molecule has 0 amide bonds. The maximum absolute atomic E-state index is 2.40. The van der Waals surface area contributed by atoms with Gasteiger partial charge in [-0.2, -0.15) is 0 Å². The zero-order chi connectivity index (χ0) is 6.53. The van der Waals surface area contributed by atoms with Gasteiger partial charge in [0, 0.05) is 10.2 Å². The third-order valence-corrected chi connectivity index (χ3v) is 2.71. The molecule has 1 aliphatic carbocycles. The highest BCUT2D eigenvalue weighted by Gasteiger charge is 2.03. The van der Waals surface area contributed by atoms with Crippen LogP contribution in [0.25, 0.3) is 0 Å². The number of allylic oxidation sites excluding steroid dienone is 2. The van der Waals surface area contributed by atoms with E-state index in [1.54, 1.807) is 5.57 Å². The Labute approximate surface area is 60.8 Å². The zero-order valence-electron chi connectivity index (χ0n) is 6.32. The highest BCUT2D eigenvalue weighted by atomic mass is 28.1. The molecule has 1 rings (SSSR count). The Morgan fingerprint density at radius 1 is 1.44 bits per heavy atom. The molecule has 52 valence electrons. The van der Waals surface area contributed by atoms with E-state index < -0.39 is 0 Å². The predicted molar refractivity (Wildman–Crippen MR) is 45.9 cm³/mol. The standard InChI is InChI=1S/C8H16Si/c9-7-2-1-4-8-5-3-6-8/h5H,1-4,6-7H2,9H3. The molecule has 0 saturated heterocycles. The molecule has 0 heterocycles. The van der Waals surface area contributed by atoms with E-state index >= 15 is 0 Å². The van der Waals surface area contributed by atoms with Gasteiger partial charge in [-0.25, -0.2) is 0 Å². The molecule has 0 N–H and O–H groups in total. The summed E-state index contributed by atoms with van der Waals surface area (Å²) in [4.78, 5) is 0. The van der Waals surface area contributed by atoms with Crippen molar-refractivity contribution in [3.05, 3.63) is 11.6 Å². The van der Waals surface area contributed by atoms with Gasteiger partial charge in [-0.3, -0.25) is 0 Å². The van der Waals surface area contributed by atoms with Gasteiger partial charge in [0.2, 0.25) is 0 Å². The van der Waals surface area contributed by atoms with E-state index in [0.717, 1.165) is 0 Å². The van der Waals surface area contributed by atoms with E-state index in [1.807, 2.05) is 0 Å². The van der Waals surface area contributed by atoms with E-state index in [9.17, 15) is 0 Å². The van der Waals surface area contributed by atoms with Crippen molar-refractivity contribution in [3.63, 3.8) is 0 Å². The molecule has 0 fully saturated rings. The normalized spacial score (nSPS) is 17.1. The van der Waals surface area contributed by atoms with Crippen LogP contribution >= 0.6 is 0 Å². The first-order valence-electron chi connectivity index (χ1n) is 4.11. The van der Waals surface area contributed by atoms with E-state index in [4.69, 9.17) is 0 Å². The lowest BCUT2D eigenvalue weighted by atomic mass is 9.94. The summed E-state index contributed by atoms with van der Waals surface area (Å²) in [6.07, 6.45) is 9.49. The molecule has 0 atom stereocenters. The number of unbranched alkanes of at least 4 members (excludes halogenated alkanes) is 1. The maximum Gasteiger partial charge on any atom is 0.00279 e. The Morgan fingerprint density at radius 3 is 2.67 bits per heavy atom. The molecule has 0 aromatic heterocycles. The smallest absolute Gasteiger partial charge is 0.00279 e. The Morgan fingerprint density at radius 2 is 2.22 bits per heavy atom. The molecule has 0 aromatic carbocycles. The van der Waals surface area contributed by atoms with Crippen LogP contribution in [0.4, 0.5) is 0 Å². The molecular formula is C8H16Si. The van der Waals surface area contributed by atoms with Crippen LogP contribution in [-0.4, -0.2) is 10.2 Å². The Bertz CT molecular complexity index is 105. The van der Waals surface area contributed by atoms with Crippen molar-refractivity contribution in [2.24, 2.45) is 0 Å². The maximum atomic E-state index is 2.40. The monoisotopic (exact) mass is 140 g/mol. The SMILES string of the molecule is [SiH3]CCCCC1=CCC1. The van der Waals surface area contributed by atoms with Crippen molar-refractivity contribution in [1.82, 2.24) is 0 Å². The summed E-state index contributed by atoms with van der Waals surface area (Å²) in [5.74, 6) is 0. The molecule has 0 spiro atoms. The van der Waals surface area contributed by atoms with Crippen molar-refractivity contribution >= 4 is 10.2 Å². The van der Waals surface area contributed by atoms with Crippen LogP contribution in [0, 0.1) is 0 Å². The van der Waals surface area contributed by atoms with Gasteiger partial charge in [0.25, 0.3) is 0 Å². The lowest BCUT2D eigenvalue weighted by Crippen LogP contribution is -1.93. The van der Waals surface area contributed by atoms with E-state index in [-0.39, 0.29) is 0 Å². The summed E-state index contributed by atoms with van der Waals surface area (Å²) in [6.45, 7) is 0. The molecule has 1 heteroatoms. The average Bonchev–Trinajstić information content (AvgIpc) is 1.76. The van der Waals surface area contributed by atoms with Crippen molar-refractivity contribution < 1.29 is 0 Å². The highest BCUT2D eigenvalue weighted by molar-refractivity contribution is 6.08. The summed E-state index contributed by atoms with van der Waals surface area (Å²) in [5.41, 5.74) is 1.73. The van der Waals surface area contributed by atoms with Gasteiger partial charge < -0.3 is 0 Å². The predicted octanol–water partition coefficient (Wildman–Crippen LogP) is 1.66. The molecular weight excluding hydrogens is 124 g/mol. The minimum atomic E-state index is 1.36. The average molecular weight is 140 g/mol. The molecule has 0 bridgehead atoms. The minimum Gasteiger partial charge on any atom is -0.0850 e. The van der Waals surface area contributed by atoms with E-state index in [2.05, 4.69) is 6.08 Å². The Balaban J connectivity index is 1.92. The second-order valence-electron chi connectivity index (χ2n) is 2.86.